The molecule has 1 aromatic carbocycles. The fraction of sp³-hybridized carbons (Fsp3) is 0.500. The van der Waals surface area contributed by atoms with Crippen molar-refractivity contribution in [2.24, 2.45) is 5.92 Å². The number of fused-ring (bicyclic) bond motifs is 1. The zero-order valence-corrected chi connectivity index (χ0v) is 17.1. The number of aryl methyl sites for hydroxylation is 1. The van der Waals surface area contributed by atoms with Gasteiger partial charge in [0.15, 0.2) is 6.61 Å². The summed E-state index contributed by atoms with van der Waals surface area (Å²) >= 11 is 0. The minimum absolute atomic E-state index is 0.339. The molecule has 1 aromatic heterocycles. The first kappa shape index (κ1) is 21.8. The largest absolute Gasteiger partial charge is 0.484 e. The number of rotatable bonds is 8. The van der Waals surface area contributed by atoms with Crippen LogP contribution in [0.15, 0.2) is 33.5 Å². The molecule has 1 unspecified atom stereocenters. The van der Waals surface area contributed by atoms with Crippen LogP contribution in [0, 0.1) is 12.8 Å². The van der Waals surface area contributed by atoms with Gasteiger partial charge in [0.1, 0.15) is 17.4 Å². The highest BCUT2D eigenvalue weighted by Gasteiger charge is 2.22. The van der Waals surface area contributed by atoms with Gasteiger partial charge >= 0.3 is 5.63 Å². The number of carbonyl (C=O) groups is 2. The number of aliphatic hydroxyl groups is 1. The van der Waals surface area contributed by atoms with E-state index < -0.39 is 30.1 Å². The van der Waals surface area contributed by atoms with Crippen LogP contribution in [0.1, 0.15) is 37.7 Å². The number of hydrogen-bond donors (Lipinski definition) is 3. The van der Waals surface area contributed by atoms with Crippen molar-refractivity contribution in [1.82, 2.24) is 10.6 Å². The van der Waals surface area contributed by atoms with Gasteiger partial charge in [0.05, 0.1) is 6.61 Å². The second-order valence-corrected chi connectivity index (χ2v) is 7.75. The average Bonchev–Trinajstić information content (AvgIpc) is 2.74. The molecule has 1 saturated carbocycles. The van der Waals surface area contributed by atoms with E-state index >= 15 is 0 Å². The van der Waals surface area contributed by atoms with Crippen molar-refractivity contribution in [3.63, 3.8) is 0 Å². The van der Waals surface area contributed by atoms with E-state index in [-0.39, 0.29) is 6.61 Å². The van der Waals surface area contributed by atoms with Gasteiger partial charge in [-0.3, -0.25) is 9.59 Å². The van der Waals surface area contributed by atoms with Gasteiger partial charge in [-0.15, -0.1) is 0 Å². The van der Waals surface area contributed by atoms with E-state index in [1.807, 2.05) is 6.92 Å². The quantitative estimate of drug-likeness (QED) is 0.563. The molecule has 1 fully saturated rings. The molecule has 2 amide bonds. The molecule has 0 saturated heterocycles. The van der Waals surface area contributed by atoms with Gasteiger partial charge in [0.25, 0.3) is 5.91 Å². The summed E-state index contributed by atoms with van der Waals surface area (Å²) < 4.78 is 10.6. The lowest BCUT2D eigenvalue weighted by Gasteiger charge is -2.23. The van der Waals surface area contributed by atoms with Gasteiger partial charge in [0, 0.05) is 24.1 Å². The lowest BCUT2D eigenvalue weighted by atomic mass is 9.89. The number of aliphatic hydroxyl groups excluding tert-OH is 1. The first-order valence-corrected chi connectivity index (χ1v) is 10.3. The van der Waals surface area contributed by atoms with E-state index in [1.165, 1.54) is 31.4 Å². The highest BCUT2D eigenvalue weighted by molar-refractivity contribution is 5.88. The average molecular weight is 416 g/mol. The monoisotopic (exact) mass is 416 g/mol. The maximum absolute atomic E-state index is 12.3. The normalized spacial score (nSPS) is 15.5. The number of benzene rings is 1. The Bertz CT molecular complexity index is 948. The van der Waals surface area contributed by atoms with Gasteiger partial charge in [0.2, 0.25) is 5.91 Å². The van der Waals surface area contributed by atoms with Crippen molar-refractivity contribution in [2.45, 2.75) is 45.1 Å². The molecule has 2 aromatic rings. The van der Waals surface area contributed by atoms with Crippen LogP contribution in [-0.2, 0) is 9.59 Å². The number of amides is 2. The summed E-state index contributed by atoms with van der Waals surface area (Å²) in [6, 6.07) is 5.34. The Morgan fingerprint density at radius 1 is 1.23 bits per heavy atom. The summed E-state index contributed by atoms with van der Waals surface area (Å²) in [7, 11) is 0. The smallest absolute Gasteiger partial charge is 0.336 e. The predicted molar refractivity (Wildman–Crippen MR) is 111 cm³/mol. The second kappa shape index (κ2) is 10.2. The first-order chi connectivity index (χ1) is 14.5. The number of carbonyl (C=O) groups excluding carboxylic acids is 2. The maximum Gasteiger partial charge on any atom is 0.336 e. The van der Waals surface area contributed by atoms with Crippen molar-refractivity contribution in [3.05, 3.63) is 40.2 Å². The van der Waals surface area contributed by atoms with E-state index in [0.29, 0.717) is 23.8 Å². The summed E-state index contributed by atoms with van der Waals surface area (Å²) in [4.78, 5) is 36.0. The Hall–Kier alpha value is -2.87. The fourth-order valence-corrected chi connectivity index (χ4v) is 3.73. The summed E-state index contributed by atoms with van der Waals surface area (Å²) in [5, 5.41) is 15.6. The second-order valence-electron chi connectivity index (χ2n) is 7.75. The standard InChI is InChI=1S/C22H28N2O6/c1-14-9-21(27)30-19-10-16(7-8-17(14)19)29-13-20(26)24-18(12-25)22(28)23-11-15-5-3-2-4-6-15/h7-10,15,18,25H,2-6,11-13H2,1H3,(H,23,28)(H,24,26). The molecule has 162 valence electrons. The third-order valence-corrected chi connectivity index (χ3v) is 5.42. The van der Waals surface area contributed by atoms with Crippen molar-refractivity contribution in [3.8, 4) is 5.75 Å². The van der Waals surface area contributed by atoms with Crippen LogP contribution in [-0.4, -0.2) is 42.7 Å². The molecule has 1 atom stereocenters. The SMILES string of the molecule is Cc1cc(=O)oc2cc(OCC(=O)NC(CO)C(=O)NCC3CCCCC3)ccc12. The minimum Gasteiger partial charge on any atom is -0.484 e. The minimum atomic E-state index is -1.03. The van der Waals surface area contributed by atoms with Crippen LogP contribution in [0.5, 0.6) is 5.75 Å². The maximum atomic E-state index is 12.3. The number of nitrogens with one attached hydrogen (secondary N) is 2. The van der Waals surface area contributed by atoms with Crippen molar-refractivity contribution >= 4 is 22.8 Å². The lowest BCUT2D eigenvalue weighted by molar-refractivity contribution is -0.131. The van der Waals surface area contributed by atoms with Crippen LogP contribution >= 0.6 is 0 Å². The van der Waals surface area contributed by atoms with Crippen LogP contribution in [0.25, 0.3) is 11.0 Å². The number of hydrogen-bond acceptors (Lipinski definition) is 6. The van der Waals surface area contributed by atoms with Crippen molar-refractivity contribution < 1.29 is 23.8 Å². The summed E-state index contributed by atoms with van der Waals surface area (Å²) in [6.45, 7) is 1.53. The Kier molecular flexibility index (Phi) is 7.46. The van der Waals surface area contributed by atoms with Crippen LogP contribution in [0.4, 0.5) is 0 Å². The summed E-state index contributed by atoms with van der Waals surface area (Å²) in [6.07, 6.45) is 5.78. The van der Waals surface area contributed by atoms with Crippen molar-refractivity contribution in [1.29, 1.82) is 0 Å². The highest BCUT2D eigenvalue weighted by atomic mass is 16.5. The fourth-order valence-electron chi connectivity index (χ4n) is 3.73. The van der Waals surface area contributed by atoms with Gasteiger partial charge in [-0.05, 0) is 43.4 Å². The first-order valence-electron chi connectivity index (χ1n) is 10.3. The third kappa shape index (κ3) is 5.82. The topological polar surface area (TPSA) is 118 Å². The Balaban J connectivity index is 1.50. The van der Waals surface area contributed by atoms with E-state index in [2.05, 4.69) is 10.6 Å². The van der Waals surface area contributed by atoms with Gasteiger partial charge < -0.3 is 24.9 Å². The van der Waals surface area contributed by atoms with E-state index in [0.717, 1.165) is 23.8 Å². The molecular formula is C22H28N2O6. The van der Waals surface area contributed by atoms with Gasteiger partial charge in [-0.25, -0.2) is 4.79 Å². The van der Waals surface area contributed by atoms with E-state index in [4.69, 9.17) is 9.15 Å². The Morgan fingerprint density at radius 3 is 2.73 bits per heavy atom. The van der Waals surface area contributed by atoms with Crippen LogP contribution in [0.3, 0.4) is 0 Å². The predicted octanol–water partition coefficient (Wildman–Crippen LogP) is 1.65. The summed E-state index contributed by atoms with van der Waals surface area (Å²) in [5.74, 6) is -0.126. The van der Waals surface area contributed by atoms with E-state index in [9.17, 15) is 19.5 Å². The third-order valence-electron chi connectivity index (χ3n) is 5.42. The Labute approximate surface area is 174 Å². The number of ether oxygens (including phenoxy) is 1. The molecule has 1 aliphatic rings. The van der Waals surface area contributed by atoms with E-state index in [1.54, 1.807) is 12.1 Å². The molecule has 0 aliphatic heterocycles. The molecule has 1 aliphatic carbocycles. The zero-order valence-electron chi connectivity index (χ0n) is 17.1. The summed E-state index contributed by atoms with van der Waals surface area (Å²) in [5.41, 5.74) is 0.698. The van der Waals surface area contributed by atoms with Crippen LogP contribution < -0.4 is 21.0 Å². The molecule has 0 radical (unpaired) electrons. The lowest BCUT2D eigenvalue weighted by Crippen LogP contribution is -2.50. The molecule has 30 heavy (non-hydrogen) atoms. The Morgan fingerprint density at radius 2 is 2.00 bits per heavy atom. The molecule has 3 rings (SSSR count). The molecule has 0 bridgehead atoms. The molecular weight excluding hydrogens is 388 g/mol. The van der Waals surface area contributed by atoms with Gasteiger partial charge in [-0.2, -0.15) is 0 Å². The van der Waals surface area contributed by atoms with Gasteiger partial charge in [-0.1, -0.05) is 19.3 Å². The van der Waals surface area contributed by atoms with Crippen LogP contribution in [0.2, 0.25) is 0 Å². The zero-order chi connectivity index (χ0) is 21.5. The molecule has 0 spiro atoms. The molecule has 1 heterocycles. The molecule has 3 N–H and O–H groups in total. The molecule has 8 nitrogen and oxygen atoms in total. The highest BCUT2D eigenvalue weighted by Crippen LogP contribution is 2.23. The molecule has 8 heteroatoms. The van der Waals surface area contributed by atoms with Crippen molar-refractivity contribution in [2.75, 3.05) is 19.8 Å².